The normalized spacial score (nSPS) is 11.4. The number of para-hydroxylation sites is 2. The fraction of sp³-hybridized carbons (Fsp3) is 0.594. The fourth-order valence-electron chi connectivity index (χ4n) is 4.98. The van der Waals surface area contributed by atoms with E-state index in [4.69, 9.17) is 21.3 Å². The smallest absolute Gasteiger partial charge is 0.147 e. The second kappa shape index (κ2) is 17.5. The number of ether oxygens (including phenoxy) is 1. The lowest BCUT2D eigenvalue weighted by Gasteiger charge is -2.11. The number of hydrogen-bond acceptors (Lipinski definition) is 2. The molecule has 0 aliphatic rings. The summed E-state index contributed by atoms with van der Waals surface area (Å²) in [5.74, 6) is 1.81. The molecule has 0 saturated carbocycles. The van der Waals surface area contributed by atoms with Gasteiger partial charge in [-0.1, -0.05) is 127 Å². The number of fused-ring (bicyclic) bond motifs is 1. The van der Waals surface area contributed by atoms with Crippen molar-refractivity contribution >= 4 is 22.6 Å². The zero-order valence-corrected chi connectivity index (χ0v) is 23.3. The number of benzene rings is 2. The highest BCUT2D eigenvalue weighted by Gasteiger charge is 2.11. The van der Waals surface area contributed by atoms with Crippen molar-refractivity contribution in [2.24, 2.45) is 0 Å². The summed E-state index contributed by atoms with van der Waals surface area (Å²) in [6, 6.07) is 15.9. The number of unbranched alkanes of at least 4 members (excludes halogenated alkanes) is 15. The van der Waals surface area contributed by atoms with Gasteiger partial charge in [0.25, 0.3) is 0 Å². The Bertz CT molecular complexity index is 966. The molecule has 0 aliphatic carbocycles. The van der Waals surface area contributed by atoms with Gasteiger partial charge < -0.3 is 9.30 Å². The first-order valence-corrected chi connectivity index (χ1v) is 15.0. The van der Waals surface area contributed by atoms with Crippen molar-refractivity contribution in [3.05, 3.63) is 59.4 Å². The molecule has 0 radical (unpaired) electrons. The summed E-state index contributed by atoms with van der Waals surface area (Å²) in [5, 5.41) is 0.720. The quantitative estimate of drug-likeness (QED) is 0.141. The Hall–Kier alpha value is -2.00. The van der Waals surface area contributed by atoms with Crippen LogP contribution in [0.3, 0.4) is 0 Å². The van der Waals surface area contributed by atoms with E-state index in [0.717, 1.165) is 28.7 Å². The van der Waals surface area contributed by atoms with Gasteiger partial charge >= 0.3 is 0 Å². The number of nitrogens with zero attached hydrogens (tertiary/aromatic N) is 2. The molecule has 2 aromatic carbocycles. The third-order valence-electron chi connectivity index (χ3n) is 7.15. The maximum Gasteiger partial charge on any atom is 0.147 e. The maximum atomic E-state index is 6.01. The highest BCUT2D eigenvalue weighted by molar-refractivity contribution is 6.30. The average molecular weight is 511 g/mol. The molecule has 0 bridgehead atoms. The Kier molecular flexibility index (Phi) is 13.9. The van der Waals surface area contributed by atoms with Crippen molar-refractivity contribution in [2.45, 2.75) is 123 Å². The number of rotatable bonds is 20. The van der Waals surface area contributed by atoms with Gasteiger partial charge in [-0.05, 0) is 42.8 Å². The summed E-state index contributed by atoms with van der Waals surface area (Å²) in [4.78, 5) is 4.85. The van der Waals surface area contributed by atoms with Gasteiger partial charge in [-0.15, -0.1) is 0 Å². The van der Waals surface area contributed by atoms with Gasteiger partial charge in [0.15, 0.2) is 0 Å². The first kappa shape index (κ1) is 28.6. The number of halogens is 1. The van der Waals surface area contributed by atoms with Crippen molar-refractivity contribution in [1.82, 2.24) is 9.55 Å². The van der Waals surface area contributed by atoms with E-state index in [-0.39, 0.29) is 0 Å². The first-order chi connectivity index (χ1) is 17.8. The van der Waals surface area contributed by atoms with Gasteiger partial charge in [0, 0.05) is 11.6 Å². The summed E-state index contributed by atoms with van der Waals surface area (Å²) >= 11 is 5.99. The largest absolute Gasteiger partial charge is 0.486 e. The molecule has 0 saturated heterocycles. The Morgan fingerprint density at radius 3 is 1.78 bits per heavy atom. The minimum atomic E-state index is 0.467. The molecule has 36 heavy (non-hydrogen) atoms. The minimum Gasteiger partial charge on any atom is -0.486 e. The molecule has 3 aromatic rings. The minimum absolute atomic E-state index is 0.467. The molecular formula is C32H47ClN2O. The predicted molar refractivity (Wildman–Crippen MR) is 155 cm³/mol. The molecule has 0 fully saturated rings. The third kappa shape index (κ3) is 10.5. The molecule has 0 amide bonds. The molecular weight excluding hydrogens is 464 g/mol. The van der Waals surface area contributed by atoms with Crippen molar-refractivity contribution in [2.75, 3.05) is 0 Å². The third-order valence-corrected chi connectivity index (χ3v) is 7.40. The van der Waals surface area contributed by atoms with Gasteiger partial charge in [-0.3, -0.25) is 0 Å². The lowest BCUT2D eigenvalue weighted by atomic mass is 10.0. The van der Waals surface area contributed by atoms with E-state index < -0.39 is 0 Å². The summed E-state index contributed by atoms with van der Waals surface area (Å²) in [5.41, 5.74) is 2.25. The van der Waals surface area contributed by atoms with Crippen LogP contribution >= 0.6 is 11.6 Å². The molecule has 0 aliphatic heterocycles. The Morgan fingerprint density at radius 2 is 1.19 bits per heavy atom. The molecule has 198 valence electrons. The molecule has 3 rings (SSSR count). The van der Waals surface area contributed by atoms with Gasteiger partial charge in [-0.2, -0.15) is 0 Å². The van der Waals surface area contributed by atoms with Crippen LogP contribution in [-0.4, -0.2) is 9.55 Å². The van der Waals surface area contributed by atoms with Gasteiger partial charge in [0.2, 0.25) is 0 Å². The number of imidazole rings is 1. The first-order valence-electron chi connectivity index (χ1n) is 14.6. The van der Waals surface area contributed by atoms with Crippen LogP contribution in [0.1, 0.15) is 115 Å². The van der Waals surface area contributed by atoms with Crippen LogP contribution in [0.4, 0.5) is 0 Å². The van der Waals surface area contributed by atoms with Gasteiger partial charge in [-0.25, -0.2) is 4.98 Å². The van der Waals surface area contributed by atoms with Crippen LogP contribution in [0.5, 0.6) is 5.75 Å². The van der Waals surface area contributed by atoms with E-state index in [0.29, 0.717) is 6.61 Å². The van der Waals surface area contributed by atoms with Crippen LogP contribution in [0, 0.1) is 0 Å². The predicted octanol–water partition coefficient (Wildman–Crippen LogP) is 10.5. The van der Waals surface area contributed by atoms with Crippen LogP contribution in [0.2, 0.25) is 5.02 Å². The summed E-state index contributed by atoms with van der Waals surface area (Å²) in [6.45, 7) is 3.76. The molecule has 0 N–H and O–H groups in total. The molecule has 0 unspecified atom stereocenters. The van der Waals surface area contributed by atoms with E-state index in [1.165, 1.54) is 108 Å². The lowest BCUT2D eigenvalue weighted by Crippen LogP contribution is -2.07. The van der Waals surface area contributed by atoms with Crippen molar-refractivity contribution in [1.29, 1.82) is 0 Å². The van der Waals surface area contributed by atoms with E-state index in [1.807, 2.05) is 24.3 Å². The summed E-state index contributed by atoms with van der Waals surface area (Å²) in [6.07, 6.45) is 22.3. The van der Waals surface area contributed by atoms with Crippen molar-refractivity contribution in [3.63, 3.8) is 0 Å². The second-order valence-electron chi connectivity index (χ2n) is 10.2. The summed E-state index contributed by atoms with van der Waals surface area (Å²) in [7, 11) is 0. The van der Waals surface area contributed by atoms with E-state index in [2.05, 4.69) is 35.8 Å². The van der Waals surface area contributed by atoms with Crippen LogP contribution in [0.15, 0.2) is 48.5 Å². The standard InChI is InChI=1S/C32H47ClN2O/c1-2-3-4-5-6-7-8-9-10-11-12-13-14-15-16-19-26-35-31-21-18-17-20-30(31)34-32(35)27-36-29-24-22-28(33)23-25-29/h17-18,20-25H,2-16,19,26-27H2,1H3. The summed E-state index contributed by atoms with van der Waals surface area (Å²) < 4.78 is 8.35. The monoisotopic (exact) mass is 510 g/mol. The van der Waals surface area contributed by atoms with Gasteiger partial charge in [0.05, 0.1) is 11.0 Å². The second-order valence-corrected chi connectivity index (χ2v) is 10.7. The van der Waals surface area contributed by atoms with E-state index in [9.17, 15) is 0 Å². The zero-order valence-electron chi connectivity index (χ0n) is 22.5. The molecule has 1 aromatic heterocycles. The van der Waals surface area contributed by atoms with Crippen molar-refractivity contribution < 1.29 is 4.74 Å². The molecule has 1 heterocycles. The van der Waals surface area contributed by atoms with E-state index >= 15 is 0 Å². The Morgan fingerprint density at radius 1 is 0.667 bits per heavy atom. The van der Waals surface area contributed by atoms with E-state index in [1.54, 1.807) is 0 Å². The number of aryl methyl sites for hydroxylation is 1. The zero-order chi connectivity index (χ0) is 25.3. The highest BCUT2D eigenvalue weighted by Crippen LogP contribution is 2.21. The Balaban J connectivity index is 1.27. The average Bonchev–Trinajstić information content (AvgIpc) is 3.25. The number of hydrogen-bond donors (Lipinski definition) is 0. The number of aromatic nitrogens is 2. The molecule has 0 spiro atoms. The van der Waals surface area contributed by atoms with Crippen LogP contribution in [-0.2, 0) is 13.2 Å². The fourth-order valence-corrected chi connectivity index (χ4v) is 5.11. The van der Waals surface area contributed by atoms with Crippen LogP contribution in [0.25, 0.3) is 11.0 Å². The molecule has 3 nitrogen and oxygen atoms in total. The van der Waals surface area contributed by atoms with Crippen molar-refractivity contribution in [3.8, 4) is 5.75 Å². The Labute approximate surface area is 224 Å². The SMILES string of the molecule is CCCCCCCCCCCCCCCCCCn1c(COc2ccc(Cl)cc2)nc2ccccc21. The maximum absolute atomic E-state index is 6.01. The topological polar surface area (TPSA) is 27.1 Å². The van der Waals surface area contributed by atoms with Crippen LogP contribution < -0.4 is 4.74 Å². The molecule has 4 heteroatoms. The lowest BCUT2D eigenvalue weighted by molar-refractivity contribution is 0.289. The highest BCUT2D eigenvalue weighted by atomic mass is 35.5. The molecule has 0 atom stereocenters. The van der Waals surface area contributed by atoms with Gasteiger partial charge in [0.1, 0.15) is 18.2 Å².